The van der Waals surface area contributed by atoms with Gasteiger partial charge in [0.2, 0.25) is 17.7 Å². The molecule has 1 fully saturated rings. The Balaban J connectivity index is 2.09. The van der Waals surface area contributed by atoms with Gasteiger partial charge in [0.1, 0.15) is 6.61 Å². The number of rotatable bonds is 34. The average Bonchev–Trinajstić information content (AvgIpc) is 3.78. The van der Waals surface area contributed by atoms with E-state index in [2.05, 4.69) is 25.1 Å². The number of likely N-dealkylation sites (tertiary alicyclic amines) is 1. The summed E-state index contributed by atoms with van der Waals surface area (Å²) in [7, 11) is 6.81. The van der Waals surface area contributed by atoms with Crippen molar-refractivity contribution in [1.82, 2.24) is 20.0 Å². The number of benzene rings is 1. The fourth-order valence-corrected chi connectivity index (χ4v) is 9.15. The zero-order chi connectivity index (χ0) is 49.3. The Morgan fingerprint density at radius 3 is 1.97 bits per heavy atom. The molecular formula is C51H86N4O11. The van der Waals surface area contributed by atoms with E-state index >= 15 is 0 Å². The highest BCUT2D eigenvalue weighted by Gasteiger charge is 2.43. The van der Waals surface area contributed by atoms with Gasteiger partial charge >= 0.3 is 0 Å². The molecule has 0 spiro atoms. The third kappa shape index (κ3) is 18.6. The maximum Gasteiger partial charge on any atom is 0.226 e. The van der Waals surface area contributed by atoms with Crippen molar-refractivity contribution in [2.24, 2.45) is 29.6 Å². The molecule has 2 rings (SSSR count). The molecule has 1 saturated heterocycles. The summed E-state index contributed by atoms with van der Waals surface area (Å²) >= 11 is 0. The molecule has 1 aliphatic rings. The number of aliphatic hydroxyl groups excluding tert-OH is 1. The molecule has 66 heavy (non-hydrogen) atoms. The van der Waals surface area contributed by atoms with Crippen LogP contribution in [0.3, 0.4) is 0 Å². The van der Waals surface area contributed by atoms with Crippen molar-refractivity contribution in [3.63, 3.8) is 0 Å². The normalized spacial score (nSPS) is 18.3. The number of amides is 3. The van der Waals surface area contributed by atoms with Gasteiger partial charge in [-0.05, 0) is 50.1 Å². The standard InChI is InChI=1S/C51H86N4O11/c1-14-25-63-27-29-65-31-32-66-30-28-64-26-24-53(10)46(36(5)6)43(56)33-41(35(3)4)51(60)54(11)47(37(7)15-2)44(61-12)34-45(57)55-23-19-22-42(55)49(62-13)38(8)50(59)52-39(9)48(58)40-20-17-16-18-21-40/h1,16-18,20-21,35-39,41-42,44,46-49,58H,15,19,22-34H2,2-13H3,(H,52,59)/t37-,38+,39+,41-,42-,44+,46-,47-,48+,49+/m0/s1. The van der Waals surface area contributed by atoms with E-state index in [9.17, 15) is 24.3 Å². The van der Waals surface area contributed by atoms with Gasteiger partial charge in [-0.25, -0.2) is 0 Å². The third-order valence-electron chi connectivity index (χ3n) is 13.1. The van der Waals surface area contributed by atoms with Gasteiger partial charge in [-0.1, -0.05) is 91.1 Å². The second-order valence-corrected chi connectivity index (χ2v) is 18.5. The lowest BCUT2D eigenvalue weighted by Gasteiger charge is -2.41. The van der Waals surface area contributed by atoms with Crippen LogP contribution in [0.5, 0.6) is 0 Å². The molecule has 0 bridgehead atoms. The Morgan fingerprint density at radius 2 is 1.44 bits per heavy atom. The maximum absolute atomic E-state index is 14.6. The Hall–Kier alpha value is -3.46. The molecule has 10 atom stereocenters. The first-order valence-corrected chi connectivity index (χ1v) is 24.1. The summed E-state index contributed by atoms with van der Waals surface area (Å²) in [6.07, 6.45) is 5.29. The number of terminal acetylenes is 1. The molecular weight excluding hydrogens is 845 g/mol. The summed E-state index contributed by atoms with van der Waals surface area (Å²) in [6.45, 7) is 20.0. The number of ether oxygens (including phenoxy) is 6. The van der Waals surface area contributed by atoms with Crippen molar-refractivity contribution in [3.05, 3.63) is 35.9 Å². The first-order valence-electron chi connectivity index (χ1n) is 24.1. The van der Waals surface area contributed by atoms with E-state index in [1.54, 1.807) is 44.9 Å². The summed E-state index contributed by atoms with van der Waals surface area (Å²) in [6, 6.07) is 7.41. The fraction of sp³-hybridized carbons (Fsp3) is 0.765. The molecule has 1 heterocycles. The van der Waals surface area contributed by atoms with Crippen molar-refractivity contribution in [2.75, 3.05) is 94.3 Å². The number of carbonyl (C=O) groups excluding carboxylic acids is 4. The zero-order valence-corrected chi connectivity index (χ0v) is 42.4. The molecule has 15 nitrogen and oxygen atoms in total. The minimum absolute atomic E-state index is 0.000723. The molecule has 1 aromatic carbocycles. The first kappa shape index (κ1) is 58.7. The molecule has 0 aliphatic carbocycles. The van der Waals surface area contributed by atoms with Crippen LogP contribution in [0.1, 0.15) is 99.2 Å². The molecule has 1 aromatic rings. The van der Waals surface area contributed by atoms with E-state index in [4.69, 9.17) is 34.8 Å². The lowest BCUT2D eigenvalue weighted by molar-refractivity contribution is -0.149. The largest absolute Gasteiger partial charge is 0.386 e. The highest BCUT2D eigenvalue weighted by molar-refractivity contribution is 5.90. The first-order chi connectivity index (χ1) is 31.5. The highest BCUT2D eigenvalue weighted by atomic mass is 16.6. The number of hydrogen-bond acceptors (Lipinski definition) is 12. The predicted molar refractivity (Wildman–Crippen MR) is 256 cm³/mol. The number of nitrogens with zero attached hydrogens (tertiary/aromatic N) is 3. The summed E-state index contributed by atoms with van der Waals surface area (Å²) in [5, 5.41) is 13.9. The van der Waals surface area contributed by atoms with Gasteiger partial charge < -0.3 is 48.6 Å². The van der Waals surface area contributed by atoms with Gasteiger partial charge in [-0.15, -0.1) is 6.42 Å². The van der Waals surface area contributed by atoms with Crippen molar-refractivity contribution in [2.45, 2.75) is 130 Å². The minimum atomic E-state index is -0.889. The SMILES string of the molecule is C#CCOCCOCCOCCOCCN(C)[C@H](C(=O)C[C@H](C(=O)N(C)[C@@H]([C@@H](C)CC)[C@@H](CC(=O)N1CCC[C@H]1[C@H](OC)[C@@H](C)C(=O)N[C@H](C)[C@@H](O)c1ccccc1)OC)C(C)C)C(C)C. The lowest BCUT2D eigenvalue weighted by atomic mass is 9.83. The fourth-order valence-electron chi connectivity index (χ4n) is 9.15. The topological polar surface area (TPSA) is 166 Å². The third-order valence-corrected chi connectivity index (χ3v) is 13.1. The van der Waals surface area contributed by atoms with Gasteiger partial charge in [0, 0.05) is 46.7 Å². The molecule has 15 heteroatoms. The number of methoxy groups -OCH3 is 2. The number of aliphatic hydroxyl groups is 1. The second kappa shape index (κ2) is 31.6. The molecule has 0 saturated carbocycles. The van der Waals surface area contributed by atoms with E-state index in [0.29, 0.717) is 71.3 Å². The molecule has 2 N–H and O–H groups in total. The van der Waals surface area contributed by atoms with Crippen LogP contribution >= 0.6 is 0 Å². The number of likely N-dealkylation sites (N-methyl/N-ethyl adjacent to an activating group) is 2. The van der Waals surface area contributed by atoms with Gasteiger partial charge in [0.15, 0.2) is 5.78 Å². The molecule has 0 aromatic heterocycles. The van der Waals surface area contributed by atoms with Crippen molar-refractivity contribution in [1.29, 1.82) is 0 Å². The monoisotopic (exact) mass is 931 g/mol. The predicted octanol–water partition coefficient (Wildman–Crippen LogP) is 5.03. The van der Waals surface area contributed by atoms with Crippen molar-refractivity contribution < 1.29 is 52.7 Å². The number of ketones is 1. The van der Waals surface area contributed by atoms with Crippen LogP contribution in [0, 0.1) is 41.9 Å². The quantitative estimate of drug-likeness (QED) is 0.0701. The Kier molecular flexibility index (Phi) is 28.1. The minimum Gasteiger partial charge on any atom is -0.386 e. The number of nitrogens with one attached hydrogen (secondary N) is 1. The molecule has 0 radical (unpaired) electrons. The van der Waals surface area contributed by atoms with Crippen LogP contribution < -0.4 is 5.32 Å². The van der Waals surface area contributed by atoms with E-state index in [1.165, 1.54) is 0 Å². The number of carbonyl (C=O) groups is 4. The number of hydrogen-bond donors (Lipinski definition) is 2. The smallest absolute Gasteiger partial charge is 0.226 e. The summed E-state index contributed by atoms with van der Waals surface area (Å²) in [5.41, 5.74) is 0.705. The van der Waals surface area contributed by atoms with Crippen LogP contribution in [-0.4, -0.2) is 174 Å². The van der Waals surface area contributed by atoms with Crippen molar-refractivity contribution in [3.8, 4) is 12.3 Å². The van der Waals surface area contributed by atoms with E-state index in [-0.39, 0.29) is 66.7 Å². The summed E-state index contributed by atoms with van der Waals surface area (Å²) in [4.78, 5) is 62.2. The van der Waals surface area contributed by atoms with Crippen LogP contribution in [0.2, 0.25) is 0 Å². The molecule has 3 amide bonds. The van der Waals surface area contributed by atoms with E-state index < -0.39 is 48.3 Å². The number of Topliss-reactive ketones (excluding diaryl/α,β-unsaturated/α-hetero) is 1. The summed E-state index contributed by atoms with van der Waals surface area (Å²) in [5.74, 6) is 0.479. The van der Waals surface area contributed by atoms with Gasteiger partial charge in [-0.2, -0.15) is 0 Å². The summed E-state index contributed by atoms with van der Waals surface area (Å²) < 4.78 is 34.1. The van der Waals surface area contributed by atoms with Crippen LogP contribution in [-0.2, 0) is 47.6 Å². The molecule has 376 valence electrons. The van der Waals surface area contributed by atoms with Crippen LogP contribution in [0.15, 0.2) is 30.3 Å². The highest BCUT2D eigenvalue weighted by Crippen LogP contribution is 2.31. The Morgan fingerprint density at radius 1 is 0.848 bits per heavy atom. The zero-order valence-electron chi connectivity index (χ0n) is 42.4. The van der Waals surface area contributed by atoms with Gasteiger partial charge in [-0.3, -0.25) is 24.1 Å². The lowest BCUT2D eigenvalue weighted by Crippen LogP contribution is -2.54. The maximum atomic E-state index is 14.6. The van der Waals surface area contributed by atoms with Crippen LogP contribution in [0.25, 0.3) is 0 Å². The van der Waals surface area contributed by atoms with Gasteiger partial charge in [0.25, 0.3) is 0 Å². The van der Waals surface area contributed by atoms with Crippen molar-refractivity contribution >= 4 is 23.5 Å². The Labute approximate surface area is 397 Å². The average molecular weight is 931 g/mol. The Bertz CT molecular complexity index is 1590. The van der Waals surface area contributed by atoms with E-state index in [0.717, 1.165) is 12.8 Å². The second-order valence-electron chi connectivity index (χ2n) is 18.5. The molecule has 0 unspecified atom stereocenters. The van der Waals surface area contributed by atoms with Gasteiger partial charge in [0.05, 0.1) is 101 Å². The van der Waals surface area contributed by atoms with E-state index in [1.807, 2.05) is 70.0 Å². The molecule has 1 aliphatic heterocycles. The van der Waals surface area contributed by atoms with Crippen LogP contribution in [0.4, 0.5) is 0 Å².